The Labute approximate surface area is 164 Å². The minimum Gasteiger partial charge on any atom is -0.384 e. The number of carbonyl (C=O) groups is 3. The van der Waals surface area contributed by atoms with Crippen molar-refractivity contribution in [2.75, 3.05) is 51.2 Å². The summed E-state index contributed by atoms with van der Waals surface area (Å²) >= 11 is 0. The molecule has 0 radical (unpaired) electrons. The quantitative estimate of drug-likeness (QED) is 0.686. The lowest BCUT2D eigenvalue weighted by molar-refractivity contribution is -0.142. The molecule has 1 aromatic rings. The van der Waals surface area contributed by atoms with Gasteiger partial charge in [-0.3, -0.25) is 14.4 Å². The van der Waals surface area contributed by atoms with E-state index in [0.29, 0.717) is 37.7 Å². The molecule has 152 valence electrons. The highest BCUT2D eigenvalue weighted by Gasteiger charge is 2.37. The third-order valence-electron chi connectivity index (χ3n) is 5.18. The molecule has 2 atom stereocenters. The van der Waals surface area contributed by atoms with E-state index in [1.165, 1.54) is 0 Å². The molecule has 0 unspecified atom stereocenters. The smallest absolute Gasteiger partial charge is 0.313 e. The van der Waals surface area contributed by atoms with Crippen LogP contribution in [0.1, 0.15) is 12.8 Å². The maximum Gasteiger partial charge on any atom is 0.313 e. The first-order valence-corrected chi connectivity index (χ1v) is 9.51. The molecule has 0 spiro atoms. The molecule has 1 aliphatic heterocycles. The van der Waals surface area contributed by atoms with E-state index >= 15 is 0 Å². The van der Waals surface area contributed by atoms with E-state index in [2.05, 4.69) is 10.6 Å². The number of hydrogen-bond donors (Lipinski definition) is 2. The molecule has 2 aliphatic rings. The molecule has 3 amide bonds. The van der Waals surface area contributed by atoms with Gasteiger partial charge in [-0.2, -0.15) is 0 Å². The van der Waals surface area contributed by atoms with Gasteiger partial charge < -0.3 is 25.0 Å². The number of methoxy groups -OCH3 is 2. The fraction of sp³-hybridized carbons (Fsp3) is 0.550. The van der Waals surface area contributed by atoms with Crippen LogP contribution in [0, 0.1) is 17.8 Å². The normalized spacial score (nSPS) is 21.4. The average molecular weight is 389 g/mol. The minimum atomic E-state index is -0.677. The molecule has 8 heteroatoms. The summed E-state index contributed by atoms with van der Waals surface area (Å²) in [7, 11) is 3.25. The lowest BCUT2D eigenvalue weighted by Gasteiger charge is -2.16. The van der Waals surface area contributed by atoms with Crippen molar-refractivity contribution < 1.29 is 23.9 Å². The maximum atomic E-state index is 12.5. The van der Waals surface area contributed by atoms with Crippen LogP contribution in [0.15, 0.2) is 24.3 Å². The van der Waals surface area contributed by atoms with Crippen molar-refractivity contribution in [1.29, 1.82) is 0 Å². The highest BCUT2D eigenvalue weighted by Crippen LogP contribution is 2.30. The van der Waals surface area contributed by atoms with Crippen LogP contribution in [0.3, 0.4) is 0 Å². The Morgan fingerprint density at radius 1 is 0.929 bits per heavy atom. The summed E-state index contributed by atoms with van der Waals surface area (Å²) in [5.74, 6) is -0.791. The Morgan fingerprint density at radius 2 is 1.43 bits per heavy atom. The Morgan fingerprint density at radius 3 is 1.89 bits per heavy atom. The highest BCUT2D eigenvalue weighted by molar-refractivity contribution is 6.39. The summed E-state index contributed by atoms with van der Waals surface area (Å²) in [4.78, 5) is 38.2. The lowest BCUT2D eigenvalue weighted by atomic mass is 9.98. The number of hydrogen-bond acceptors (Lipinski definition) is 5. The zero-order chi connectivity index (χ0) is 20.1. The Bertz CT molecular complexity index is 703. The third-order valence-corrected chi connectivity index (χ3v) is 5.18. The molecule has 0 aromatic heterocycles. The summed E-state index contributed by atoms with van der Waals surface area (Å²) in [5.41, 5.74) is 1.18. The van der Waals surface area contributed by atoms with Gasteiger partial charge in [0.15, 0.2) is 0 Å². The van der Waals surface area contributed by atoms with Crippen LogP contribution in [-0.2, 0) is 23.9 Å². The summed E-state index contributed by atoms with van der Waals surface area (Å²) < 4.78 is 10.4. The van der Waals surface area contributed by atoms with E-state index < -0.39 is 11.8 Å². The Kier molecular flexibility index (Phi) is 6.64. The number of carbonyl (C=O) groups excluding carboxylic acids is 3. The number of ether oxygens (including phenoxy) is 2. The van der Waals surface area contributed by atoms with Crippen LogP contribution in [0.2, 0.25) is 0 Å². The van der Waals surface area contributed by atoms with Crippen molar-refractivity contribution in [1.82, 2.24) is 4.90 Å². The topological polar surface area (TPSA) is 97.0 Å². The number of nitrogens with zero attached hydrogens (tertiary/aromatic N) is 1. The number of amides is 3. The molecular formula is C20H27N3O5. The molecule has 1 saturated carbocycles. The van der Waals surface area contributed by atoms with Gasteiger partial charge in [-0.1, -0.05) is 0 Å². The Hall–Kier alpha value is -2.45. The van der Waals surface area contributed by atoms with Crippen molar-refractivity contribution in [3.05, 3.63) is 24.3 Å². The van der Waals surface area contributed by atoms with E-state index in [-0.39, 0.29) is 23.7 Å². The van der Waals surface area contributed by atoms with Crippen molar-refractivity contribution in [2.45, 2.75) is 12.8 Å². The van der Waals surface area contributed by atoms with Crippen LogP contribution in [0.4, 0.5) is 11.4 Å². The minimum absolute atomic E-state index is 0.0252. The van der Waals surface area contributed by atoms with Crippen molar-refractivity contribution >= 4 is 29.1 Å². The molecule has 3 rings (SSSR count). The number of benzene rings is 1. The highest BCUT2D eigenvalue weighted by atomic mass is 16.5. The van der Waals surface area contributed by atoms with E-state index in [1.54, 1.807) is 43.4 Å². The first kappa shape index (κ1) is 20.3. The molecular weight excluding hydrogens is 362 g/mol. The SMILES string of the molecule is COC[C@@H]1CN(C(=O)C(=O)Nc2ccc(NC(=O)C3CC3)cc2)C[C@H]1COC. The molecule has 1 heterocycles. The molecule has 8 nitrogen and oxygen atoms in total. The molecule has 1 aromatic carbocycles. The second kappa shape index (κ2) is 9.16. The summed E-state index contributed by atoms with van der Waals surface area (Å²) in [6.45, 7) is 1.99. The van der Waals surface area contributed by atoms with Gasteiger partial charge in [0, 0.05) is 56.4 Å². The Balaban J connectivity index is 1.53. The summed E-state index contributed by atoms with van der Waals surface area (Å²) in [6, 6.07) is 6.75. The van der Waals surface area contributed by atoms with Gasteiger partial charge in [-0.25, -0.2) is 0 Å². The van der Waals surface area contributed by atoms with E-state index in [1.807, 2.05) is 0 Å². The first-order chi connectivity index (χ1) is 13.5. The third kappa shape index (κ3) is 5.08. The zero-order valence-corrected chi connectivity index (χ0v) is 16.3. The van der Waals surface area contributed by atoms with Crippen molar-refractivity contribution in [2.24, 2.45) is 17.8 Å². The van der Waals surface area contributed by atoms with Crippen molar-refractivity contribution in [3.63, 3.8) is 0 Å². The lowest BCUT2D eigenvalue weighted by Crippen LogP contribution is -2.38. The predicted octanol–water partition coefficient (Wildman–Crippen LogP) is 1.34. The predicted molar refractivity (Wildman–Crippen MR) is 104 cm³/mol. The van der Waals surface area contributed by atoms with Crippen LogP contribution in [0.5, 0.6) is 0 Å². The van der Waals surface area contributed by atoms with Gasteiger partial charge in [0.25, 0.3) is 0 Å². The van der Waals surface area contributed by atoms with Gasteiger partial charge in [0.2, 0.25) is 5.91 Å². The van der Waals surface area contributed by atoms with Crippen LogP contribution >= 0.6 is 0 Å². The van der Waals surface area contributed by atoms with Crippen molar-refractivity contribution in [3.8, 4) is 0 Å². The van der Waals surface area contributed by atoms with E-state index in [9.17, 15) is 14.4 Å². The summed E-state index contributed by atoms with van der Waals surface area (Å²) in [6.07, 6.45) is 1.88. The molecule has 1 aliphatic carbocycles. The van der Waals surface area contributed by atoms with Gasteiger partial charge in [0.05, 0.1) is 13.2 Å². The van der Waals surface area contributed by atoms with E-state index in [0.717, 1.165) is 12.8 Å². The first-order valence-electron chi connectivity index (χ1n) is 9.51. The maximum absolute atomic E-state index is 12.5. The standard InChI is InChI=1S/C20H27N3O5/c1-27-11-14-9-23(10-15(14)12-28-2)20(26)19(25)22-17-7-5-16(6-8-17)21-18(24)13-3-4-13/h5-8,13-15H,3-4,9-12H2,1-2H3,(H,21,24)(H,22,25)/t14-,15-/m0/s1. The van der Waals surface area contributed by atoms with Crippen LogP contribution in [0.25, 0.3) is 0 Å². The molecule has 2 fully saturated rings. The monoisotopic (exact) mass is 389 g/mol. The van der Waals surface area contributed by atoms with E-state index in [4.69, 9.17) is 9.47 Å². The van der Waals surface area contributed by atoms with Gasteiger partial charge >= 0.3 is 11.8 Å². The summed E-state index contributed by atoms with van der Waals surface area (Å²) in [5, 5.41) is 5.46. The number of rotatable bonds is 7. The molecule has 2 N–H and O–H groups in total. The second-order valence-corrected chi connectivity index (χ2v) is 7.44. The average Bonchev–Trinajstić information content (AvgIpc) is 3.46. The molecule has 1 saturated heterocycles. The fourth-order valence-electron chi connectivity index (χ4n) is 3.47. The largest absolute Gasteiger partial charge is 0.384 e. The van der Waals surface area contributed by atoms with Crippen LogP contribution < -0.4 is 10.6 Å². The second-order valence-electron chi connectivity index (χ2n) is 7.44. The fourth-order valence-corrected chi connectivity index (χ4v) is 3.47. The number of nitrogens with one attached hydrogen (secondary N) is 2. The molecule has 0 bridgehead atoms. The molecule has 28 heavy (non-hydrogen) atoms. The van der Waals surface area contributed by atoms with Gasteiger partial charge in [0.1, 0.15) is 0 Å². The van der Waals surface area contributed by atoms with Gasteiger partial charge in [-0.05, 0) is 37.1 Å². The van der Waals surface area contributed by atoms with Gasteiger partial charge in [-0.15, -0.1) is 0 Å². The van der Waals surface area contributed by atoms with Crippen LogP contribution in [-0.4, -0.2) is 63.1 Å². The number of likely N-dealkylation sites (tertiary alicyclic amines) is 1. The number of anilines is 2. The zero-order valence-electron chi connectivity index (χ0n) is 16.3.